The molecule has 0 spiro atoms. The quantitative estimate of drug-likeness (QED) is 0.758. The van der Waals surface area contributed by atoms with Crippen LogP contribution in [0.15, 0.2) is 24.7 Å². The van der Waals surface area contributed by atoms with Crippen molar-refractivity contribution in [1.82, 2.24) is 19.9 Å². The van der Waals surface area contributed by atoms with Gasteiger partial charge >= 0.3 is 0 Å². The number of anilines is 4. The molecule has 3 N–H and O–H groups in total. The first-order valence-corrected chi connectivity index (χ1v) is 8.94. The Balaban J connectivity index is 1.51. The molecule has 1 saturated heterocycles. The normalized spacial score (nSPS) is 22.4. The Kier molecular flexibility index (Phi) is 3.05. The van der Waals surface area contributed by atoms with Gasteiger partial charge in [0.05, 0.1) is 10.2 Å². The lowest BCUT2D eigenvalue weighted by molar-refractivity contribution is 0.553. The Morgan fingerprint density at radius 3 is 3.00 bits per heavy atom. The predicted octanol–water partition coefficient (Wildman–Crippen LogP) is 2.80. The first kappa shape index (κ1) is 13.9. The molecule has 3 aromatic rings. The summed E-state index contributed by atoms with van der Waals surface area (Å²) in [6.45, 7) is 1.14. The predicted molar refractivity (Wildman–Crippen MR) is 95.6 cm³/mol. The van der Waals surface area contributed by atoms with Crippen molar-refractivity contribution in [2.24, 2.45) is 5.92 Å². The average molecular weight is 339 g/mol. The number of aromatic nitrogens is 4. The molecule has 0 aromatic carbocycles. The van der Waals surface area contributed by atoms with Gasteiger partial charge in [0.25, 0.3) is 0 Å². The largest absolute Gasteiger partial charge is 0.384 e. The van der Waals surface area contributed by atoms with E-state index in [0.717, 1.165) is 33.6 Å². The molecule has 8 heteroatoms. The zero-order valence-corrected chi connectivity index (χ0v) is 13.8. The monoisotopic (exact) mass is 339 g/mol. The standard InChI is InChI=1S/C16H17N7S/c17-12-6-13(20-8-19-12)22-15-14-11(3-4-18-15)21-16(24-14)23-7-9-1-2-10(23)5-9/h3-4,6,8-10H,1-2,5,7H2,(H3,17,18,19,20,22). The molecule has 4 heterocycles. The fraction of sp³-hybridized carbons (Fsp3) is 0.375. The number of nitrogens with zero attached hydrogens (tertiary/aromatic N) is 5. The van der Waals surface area contributed by atoms with Crippen LogP contribution in [0.3, 0.4) is 0 Å². The maximum absolute atomic E-state index is 5.72. The van der Waals surface area contributed by atoms with Crippen LogP contribution in [0.1, 0.15) is 19.3 Å². The molecule has 2 unspecified atom stereocenters. The summed E-state index contributed by atoms with van der Waals surface area (Å²) in [6.07, 6.45) is 7.20. The van der Waals surface area contributed by atoms with E-state index in [2.05, 4.69) is 25.2 Å². The van der Waals surface area contributed by atoms with E-state index in [1.165, 1.54) is 25.6 Å². The highest BCUT2D eigenvalue weighted by molar-refractivity contribution is 7.22. The Morgan fingerprint density at radius 1 is 1.25 bits per heavy atom. The molecule has 7 nitrogen and oxygen atoms in total. The summed E-state index contributed by atoms with van der Waals surface area (Å²) in [5.74, 6) is 2.68. The van der Waals surface area contributed by atoms with Gasteiger partial charge in [0, 0.05) is 24.8 Å². The number of fused-ring (bicyclic) bond motifs is 3. The second-order valence-corrected chi connectivity index (χ2v) is 7.42. The lowest BCUT2D eigenvalue weighted by Gasteiger charge is -2.26. The molecule has 0 amide bonds. The maximum atomic E-state index is 5.72. The molecule has 122 valence electrons. The second-order valence-electron chi connectivity index (χ2n) is 6.44. The Morgan fingerprint density at radius 2 is 2.21 bits per heavy atom. The SMILES string of the molecule is Nc1cc(Nc2nccc3nc(N4CC5CCC4C5)sc23)ncn1. The molecule has 0 radical (unpaired) electrons. The fourth-order valence-corrected chi connectivity index (χ4v) is 4.86. The average Bonchev–Trinajstić information content (AvgIpc) is 3.30. The second kappa shape index (κ2) is 5.27. The molecule has 2 bridgehead atoms. The minimum absolute atomic E-state index is 0.428. The summed E-state index contributed by atoms with van der Waals surface area (Å²) < 4.78 is 1.05. The Labute approximate surface area is 143 Å². The van der Waals surface area contributed by atoms with Crippen LogP contribution >= 0.6 is 11.3 Å². The topological polar surface area (TPSA) is 92.8 Å². The molecule has 2 atom stereocenters. The molecule has 2 aliphatic rings. The van der Waals surface area contributed by atoms with Crippen molar-refractivity contribution in [2.75, 3.05) is 22.5 Å². The summed E-state index contributed by atoms with van der Waals surface area (Å²) in [5.41, 5.74) is 6.69. The minimum Gasteiger partial charge on any atom is -0.384 e. The van der Waals surface area contributed by atoms with Crippen molar-refractivity contribution in [3.8, 4) is 0 Å². The third-order valence-corrected chi connectivity index (χ3v) is 6.00. The van der Waals surface area contributed by atoms with Crippen LogP contribution in [0, 0.1) is 5.92 Å². The van der Waals surface area contributed by atoms with Crippen LogP contribution in [-0.2, 0) is 0 Å². The molecular formula is C16H17N7S. The minimum atomic E-state index is 0.428. The first-order valence-electron chi connectivity index (χ1n) is 8.13. The summed E-state index contributed by atoms with van der Waals surface area (Å²) in [4.78, 5) is 19.9. The van der Waals surface area contributed by atoms with Gasteiger partial charge < -0.3 is 16.0 Å². The van der Waals surface area contributed by atoms with Gasteiger partial charge in [0.2, 0.25) is 0 Å². The van der Waals surface area contributed by atoms with E-state index in [4.69, 9.17) is 10.7 Å². The maximum Gasteiger partial charge on any atom is 0.186 e. The van der Waals surface area contributed by atoms with Gasteiger partial charge in [0.1, 0.15) is 18.0 Å². The van der Waals surface area contributed by atoms with Crippen molar-refractivity contribution in [3.05, 3.63) is 24.7 Å². The number of piperidine rings is 1. The van der Waals surface area contributed by atoms with Gasteiger partial charge in [-0.05, 0) is 31.2 Å². The molecule has 24 heavy (non-hydrogen) atoms. The van der Waals surface area contributed by atoms with Crippen LogP contribution in [0.5, 0.6) is 0 Å². The zero-order valence-electron chi connectivity index (χ0n) is 13.0. The smallest absolute Gasteiger partial charge is 0.186 e. The fourth-order valence-electron chi connectivity index (χ4n) is 3.78. The first-order chi connectivity index (χ1) is 11.8. The summed E-state index contributed by atoms with van der Waals surface area (Å²) in [7, 11) is 0. The summed E-state index contributed by atoms with van der Waals surface area (Å²) in [5, 5.41) is 4.34. The number of nitrogens with one attached hydrogen (secondary N) is 1. The molecule has 2 fully saturated rings. The third-order valence-electron chi connectivity index (χ3n) is 4.88. The van der Waals surface area contributed by atoms with Gasteiger partial charge in [-0.2, -0.15) is 0 Å². The molecule has 1 saturated carbocycles. The van der Waals surface area contributed by atoms with Crippen LogP contribution < -0.4 is 16.0 Å². The van der Waals surface area contributed by atoms with Crippen molar-refractivity contribution >= 4 is 44.1 Å². The Bertz CT molecular complexity index is 908. The van der Waals surface area contributed by atoms with E-state index < -0.39 is 0 Å². The lowest BCUT2D eigenvalue weighted by atomic mass is 10.1. The van der Waals surface area contributed by atoms with E-state index in [1.54, 1.807) is 23.6 Å². The van der Waals surface area contributed by atoms with E-state index >= 15 is 0 Å². The molecular weight excluding hydrogens is 322 g/mol. The number of hydrogen-bond acceptors (Lipinski definition) is 8. The van der Waals surface area contributed by atoms with Crippen LogP contribution in [0.4, 0.5) is 22.6 Å². The van der Waals surface area contributed by atoms with Gasteiger partial charge in [-0.1, -0.05) is 11.3 Å². The van der Waals surface area contributed by atoms with E-state index in [1.807, 2.05) is 6.07 Å². The van der Waals surface area contributed by atoms with Crippen molar-refractivity contribution in [2.45, 2.75) is 25.3 Å². The van der Waals surface area contributed by atoms with Crippen molar-refractivity contribution in [3.63, 3.8) is 0 Å². The van der Waals surface area contributed by atoms with Gasteiger partial charge in [-0.3, -0.25) is 0 Å². The molecule has 1 aliphatic heterocycles. The number of nitrogens with two attached hydrogens (primary N) is 1. The van der Waals surface area contributed by atoms with Crippen LogP contribution in [0.25, 0.3) is 10.2 Å². The number of pyridine rings is 1. The Hall–Kier alpha value is -2.48. The molecule has 5 rings (SSSR count). The van der Waals surface area contributed by atoms with Crippen LogP contribution in [-0.4, -0.2) is 32.5 Å². The molecule has 3 aromatic heterocycles. The highest BCUT2D eigenvalue weighted by Crippen LogP contribution is 2.43. The number of thiazole rings is 1. The van der Waals surface area contributed by atoms with Gasteiger partial charge in [-0.15, -0.1) is 0 Å². The van der Waals surface area contributed by atoms with Gasteiger partial charge in [0.15, 0.2) is 10.9 Å². The summed E-state index contributed by atoms with van der Waals surface area (Å²) >= 11 is 1.70. The third kappa shape index (κ3) is 2.25. The molecule has 1 aliphatic carbocycles. The highest BCUT2D eigenvalue weighted by Gasteiger charge is 2.39. The van der Waals surface area contributed by atoms with E-state index in [0.29, 0.717) is 17.7 Å². The number of nitrogen functional groups attached to an aromatic ring is 1. The van der Waals surface area contributed by atoms with E-state index in [9.17, 15) is 0 Å². The van der Waals surface area contributed by atoms with Crippen molar-refractivity contribution in [1.29, 1.82) is 0 Å². The highest BCUT2D eigenvalue weighted by atomic mass is 32.1. The number of hydrogen-bond donors (Lipinski definition) is 2. The summed E-state index contributed by atoms with van der Waals surface area (Å²) in [6, 6.07) is 4.33. The van der Waals surface area contributed by atoms with Crippen LogP contribution in [0.2, 0.25) is 0 Å². The zero-order chi connectivity index (χ0) is 16.1. The van der Waals surface area contributed by atoms with Gasteiger partial charge in [-0.25, -0.2) is 19.9 Å². The van der Waals surface area contributed by atoms with Crippen molar-refractivity contribution < 1.29 is 0 Å². The number of rotatable bonds is 3. The van der Waals surface area contributed by atoms with E-state index in [-0.39, 0.29) is 0 Å². The lowest BCUT2D eigenvalue weighted by Crippen LogP contribution is -2.31.